The molecular weight excluding hydrogens is 757 g/mol. The highest BCUT2D eigenvalue weighted by atomic mass is 15.0. The SMILES string of the molecule is N#Cc1ccc(-c2ccc(-c3cc4c5cccnc5c(-c5cccc(-c6nc(-c7ccccc7)nc(-c7ccc(-c8ccccc8)cc7)n6)c5)cc4c4cccnc34)cc2)cc1. The van der Waals surface area contributed by atoms with Gasteiger partial charge in [0.05, 0.1) is 22.7 Å². The minimum atomic E-state index is 0.588. The lowest BCUT2D eigenvalue weighted by molar-refractivity contribution is 1.07. The van der Waals surface area contributed by atoms with Gasteiger partial charge in [0.15, 0.2) is 17.5 Å². The van der Waals surface area contributed by atoms with Gasteiger partial charge in [0.1, 0.15) is 0 Å². The van der Waals surface area contributed by atoms with Crippen molar-refractivity contribution >= 4 is 32.6 Å². The zero-order valence-corrected chi connectivity index (χ0v) is 33.3. The summed E-state index contributed by atoms with van der Waals surface area (Å²) in [7, 11) is 0. The van der Waals surface area contributed by atoms with E-state index in [1.54, 1.807) is 0 Å². The molecule has 0 amide bonds. The van der Waals surface area contributed by atoms with Crippen molar-refractivity contribution in [2.24, 2.45) is 0 Å². The molecule has 11 rings (SSSR count). The smallest absolute Gasteiger partial charge is 0.164 e. The number of nitrogens with zero attached hydrogens (tertiary/aromatic N) is 6. The Kier molecular flexibility index (Phi) is 9.11. The van der Waals surface area contributed by atoms with Crippen molar-refractivity contribution in [2.45, 2.75) is 0 Å². The van der Waals surface area contributed by atoms with Crippen molar-refractivity contribution in [3.8, 4) is 84.7 Å². The van der Waals surface area contributed by atoms with Crippen LogP contribution in [0.1, 0.15) is 5.56 Å². The Morgan fingerprint density at radius 1 is 0.306 bits per heavy atom. The van der Waals surface area contributed by atoms with Crippen LogP contribution in [-0.4, -0.2) is 24.9 Å². The third kappa shape index (κ3) is 6.70. The first kappa shape index (κ1) is 36.4. The molecule has 0 saturated heterocycles. The highest BCUT2D eigenvalue weighted by molar-refractivity contribution is 6.22. The van der Waals surface area contributed by atoms with Crippen LogP contribution in [0.25, 0.3) is 111 Å². The lowest BCUT2D eigenvalue weighted by Gasteiger charge is -2.15. The van der Waals surface area contributed by atoms with Crippen LogP contribution in [0.15, 0.2) is 207 Å². The van der Waals surface area contributed by atoms with Gasteiger partial charge in [-0.25, -0.2) is 15.0 Å². The lowest BCUT2D eigenvalue weighted by atomic mass is 9.90. The Labute approximate surface area is 358 Å². The molecule has 0 N–H and O–H groups in total. The fourth-order valence-corrected chi connectivity index (χ4v) is 8.34. The van der Waals surface area contributed by atoms with Crippen LogP contribution in [0.4, 0.5) is 0 Å². The molecule has 11 aromatic rings. The number of fused-ring (bicyclic) bond motifs is 5. The van der Waals surface area contributed by atoms with Crippen molar-refractivity contribution in [2.75, 3.05) is 0 Å². The summed E-state index contributed by atoms with van der Waals surface area (Å²) in [5.41, 5.74) is 13.7. The van der Waals surface area contributed by atoms with E-state index in [0.717, 1.165) is 93.8 Å². The van der Waals surface area contributed by atoms with Crippen molar-refractivity contribution in [3.63, 3.8) is 0 Å². The molecule has 62 heavy (non-hydrogen) atoms. The van der Waals surface area contributed by atoms with E-state index in [0.29, 0.717) is 23.0 Å². The predicted octanol–water partition coefficient (Wildman–Crippen LogP) is 13.7. The summed E-state index contributed by atoms with van der Waals surface area (Å²) >= 11 is 0. The number of hydrogen-bond acceptors (Lipinski definition) is 6. The normalized spacial score (nSPS) is 11.2. The van der Waals surface area contributed by atoms with Crippen molar-refractivity contribution in [1.29, 1.82) is 5.26 Å². The van der Waals surface area contributed by atoms with Crippen molar-refractivity contribution < 1.29 is 0 Å². The Morgan fingerprint density at radius 3 is 1.26 bits per heavy atom. The summed E-state index contributed by atoms with van der Waals surface area (Å²) in [5.74, 6) is 1.81. The molecule has 0 saturated carbocycles. The third-order valence-electron chi connectivity index (χ3n) is 11.5. The number of benzene rings is 8. The van der Waals surface area contributed by atoms with Crippen LogP contribution < -0.4 is 0 Å². The van der Waals surface area contributed by atoms with Crippen LogP contribution in [0.5, 0.6) is 0 Å². The Morgan fingerprint density at radius 2 is 0.710 bits per heavy atom. The fraction of sp³-hybridized carbons (Fsp3) is 0. The van der Waals surface area contributed by atoms with Gasteiger partial charge >= 0.3 is 0 Å². The maximum Gasteiger partial charge on any atom is 0.164 e. The molecule has 0 aliphatic heterocycles. The molecule has 0 atom stereocenters. The van der Waals surface area contributed by atoms with Crippen LogP contribution in [0, 0.1) is 11.3 Å². The van der Waals surface area contributed by atoms with Gasteiger partial charge in [0.25, 0.3) is 0 Å². The summed E-state index contributed by atoms with van der Waals surface area (Å²) in [6, 6.07) is 68.5. The fourth-order valence-electron chi connectivity index (χ4n) is 8.34. The molecule has 0 aliphatic carbocycles. The Hall–Kier alpha value is -8.66. The topological polar surface area (TPSA) is 88.2 Å². The maximum atomic E-state index is 9.26. The minimum absolute atomic E-state index is 0.588. The second-order valence-electron chi connectivity index (χ2n) is 15.2. The molecule has 6 nitrogen and oxygen atoms in total. The van der Waals surface area contributed by atoms with Crippen molar-refractivity contribution in [1.82, 2.24) is 24.9 Å². The zero-order chi connectivity index (χ0) is 41.4. The average Bonchev–Trinajstić information content (AvgIpc) is 3.36. The first-order valence-corrected chi connectivity index (χ1v) is 20.5. The molecule has 0 unspecified atom stereocenters. The van der Waals surface area contributed by atoms with Crippen LogP contribution >= 0.6 is 0 Å². The van der Waals surface area contributed by atoms with Gasteiger partial charge in [0, 0.05) is 51.0 Å². The number of pyridine rings is 2. The number of aromatic nitrogens is 5. The van der Waals surface area contributed by atoms with E-state index in [4.69, 9.17) is 24.9 Å². The second kappa shape index (κ2) is 15.5. The quantitative estimate of drug-likeness (QED) is 0.149. The standard InChI is InChI=1S/C56H34N6/c57-35-36-18-20-38(21-19-36)40-22-26-41(27-23-40)48-33-50-47-17-9-31-59-53(47)49(34-51(50)46-16-8-30-58-52(46)48)44-14-7-15-45(32-44)56-61-54(42-12-5-2-6-13-42)60-55(62-56)43-28-24-39(25-29-43)37-10-3-1-4-11-37/h1-34H. The number of nitriles is 1. The van der Waals surface area contributed by atoms with Crippen molar-refractivity contribution in [3.05, 3.63) is 212 Å². The molecule has 0 aliphatic rings. The first-order valence-electron chi connectivity index (χ1n) is 20.5. The molecule has 3 aromatic heterocycles. The van der Waals surface area contributed by atoms with Crippen LogP contribution in [0.3, 0.4) is 0 Å². The monoisotopic (exact) mass is 790 g/mol. The van der Waals surface area contributed by atoms with Crippen LogP contribution in [0.2, 0.25) is 0 Å². The Bertz CT molecular complexity index is 3490. The van der Waals surface area contributed by atoms with E-state index >= 15 is 0 Å². The van der Waals surface area contributed by atoms with Crippen LogP contribution in [-0.2, 0) is 0 Å². The molecule has 0 spiro atoms. The summed E-state index contributed by atoms with van der Waals surface area (Å²) in [6.07, 6.45) is 3.72. The molecule has 6 heteroatoms. The summed E-state index contributed by atoms with van der Waals surface area (Å²) in [6.45, 7) is 0. The first-order chi connectivity index (χ1) is 30.7. The van der Waals surface area contributed by atoms with Gasteiger partial charge in [-0.2, -0.15) is 5.26 Å². The highest BCUT2D eigenvalue weighted by Gasteiger charge is 2.18. The molecule has 288 valence electrons. The largest absolute Gasteiger partial charge is 0.256 e. The molecule has 0 fully saturated rings. The molecule has 8 aromatic carbocycles. The third-order valence-corrected chi connectivity index (χ3v) is 11.5. The molecule has 0 bridgehead atoms. The highest BCUT2D eigenvalue weighted by Crippen LogP contribution is 2.41. The number of rotatable bonds is 7. The van der Waals surface area contributed by atoms with Gasteiger partial charge in [-0.3, -0.25) is 9.97 Å². The summed E-state index contributed by atoms with van der Waals surface area (Å²) < 4.78 is 0. The maximum absolute atomic E-state index is 9.26. The van der Waals surface area contributed by atoms with Gasteiger partial charge < -0.3 is 0 Å². The summed E-state index contributed by atoms with van der Waals surface area (Å²) in [4.78, 5) is 25.1. The van der Waals surface area contributed by atoms with E-state index in [2.05, 4.69) is 127 Å². The van der Waals surface area contributed by atoms with Gasteiger partial charge in [-0.05, 0) is 86.6 Å². The van der Waals surface area contributed by atoms with E-state index in [1.165, 1.54) is 0 Å². The average molecular weight is 791 g/mol. The van der Waals surface area contributed by atoms with Gasteiger partial charge in [-0.1, -0.05) is 152 Å². The van der Waals surface area contributed by atoms with Gasteiger partial charge in [-0.15, -0.1) is 0 Å². The van der Waals surface area contributed by atoms with E-state index in [-0.39, 0.29) is 0 Å². The number of hydrogen-bond donors (Lipinski definition) is 0. The molecular formula is C56H34N6. The van der Waals surface area contributed by atoms with E-state index in [9.17, 15) is 5.26 Å². The summed E-state index contributed by atoms with van der Waals surface area (Å²) in [5, 5.41) is 13.6. The zero-order valence-electron chi connectivity index (χ0n) is 33.3. The van der Waals surface area contributed by atoms with E-state index < -0.39 is 0 Å². The molecule has 3 heterocycles. The minimum Gasteiger partial charge on any atom is -0.256 e. The predicted molar refractivity (Wildman–Crippen MR) is 251 cm³/mol. The second-order valence-corrected chi connectivity index (χ2v) is 15.2. The van der Waals surface area contributed by atoms with Gasteiger partial charge in [0.2, 0.25) is 0 Å². The Balaban J connectivity index is 1.03. The van der Waals surface area contributed by atoms with E-state index in [1.807, 2.05) is 85.2 Å². The molecule has 0 radical (unpaired) electrons. The lowest BCUT2D eigenvalue weighted by Crippen LogP contribution is -2.00.